The maximum atomic E-state index is 12.0. The minimum Gasteiger partial charge on any atom is -0.478 e. The van der Waals surface area contributed by atoms with Crippen molar-refractivity contribution >= 4 is 16.0 Å². The van der Waals surface area contributed by atoms with E-state index in [4.69, 9.17) is 5.11 Å². The summed E-state index contributed by atoms with van der Waals surface area (Å²) in [5, 5.41) is 8.98. The Kier molecular flexibility index (Phi) is 4.11. The van der Waals surface area contributed by atoms with Crippen molar-refractivity contribution < 1.29 is 18.3 Å². The van der Waals surface area contributed by atoms with E-state index in [1.807, 2.05) is 0 Å². The average Bonchev–Trinajstić information content (AvgIpc) is 2.47. The van der Waals surface area contributed by atoms with Crippen molar-refractivity contribution in [1.29, 1.82) is 0 Å². The number of sulfonamides is 1. The fraction of sp³-hybridized carbons (Fsp3) is 0.133. The minimum atomic E-state index is -3.46. The van der Waals surface area contributed by atoms with Crippen molar-refractivity contribution in [3.05, 3.63) is 54.1 Å². The average molecular weight is 305 g/mol. The molecule has 5 nitrogen and oxygen atoms in total. The molecule has 0 radical (unpaired) electrons. The van der Waals surface area contributed by atoms with Crippen LogP contribution in [0.15, 0.2) is 53.4 Å². The van der Waals surface area contributed by atoms with E-state index in [1.165, 1.54) is 32.3 Å². The molecule has 2 aromatic carbocycles. The second kappa shape index (κ2) is 5.67. The minimum absolute atomic E-state index is 0.192. The molecular weight excluding hydrogens is 290 g/mol. The Labute approximate surface area is 123 Å². The largest absolute Gasteiger partial charge is 0.478 e. The molecule has 0 unspecified atom stereocenters. The molecule has 1 N–H and O–H groups in total. The zero-order valence-electron chi connectivity index (χ0n) is 11.6. The summed E-state index contributed by atoms with van der Waals surface area (Å²) in [4.78, 5) is 11.2. The second-order valence-corrected chi connectivity index (χ2v) is 6.85. The first-order valence-corrected chi connectivity index (χ1v) is 7.62. The summed E-state index contributed by atoms with van der Waals surface area (Å²) in [6.07, 6.45) is 0. The van der Waals surface area contributed by atoms with Gasteiger partial charge in [-0.1, -0.05) is 24.3 Å². The van der Waals surface area contributed by atoms with Gasteiger partial charge < -0.3 is 5.11 Å². The Morgan fingerprint density at radius 3 is 2.14 bits per heavy atom. The van der Waals surface area contributed by atoms with Crippen molar-refractivity contribution in [1.82, 2.24) is 4.31 Å². The van der Waals surface area contributed by atoms with Crippen LogP contribution in [-0.4, -0.2) is 37.9 Å². The van der Waals surface area contributed by atoms with E-state index in [0.717, 1.165) is 15.4 Å². The summed E-state index contributed by atoms with van der Waals surface area (Å²) in [7, 11) is -0.515. The van der Waals surface area contributed by atoms with Crippen LogP contribution < -0.4 is 0 Å². The molecule has 2 aromatic rings. The van der Waals surface area contributed by atoms with E-state index in [-0.39, 0.29) is 10.5 Å². The fourth-order valence-corrected chi connectivity index (χ4v) is 2.76. The van der Waals surface area contributed by atoms with Gasteiger partial charge in [0.15, 0.2) is 0 Å². The van der Waals surface area contributed by atoms with Gasteiger partial charge in [-0.3, -0.25) is 0 Å². The van der Waals surface area contributed by atoms with Crippen LogP contribution in [0.5, 0.6) is 0 Å². The molecule has 0 saturated heterocycles. The lowest BCUT2D eigenvalue weighted by atomic mass is 10.0. The van der Waals surface area contributed by atoms with Crippen LogP contribution in [0.4, 0.5) is 0 Å². The third-order valence-electron chi connectivity index (χ3n) is 3.08. The molecule has 0 atom stereocenters. The number of aromatic carboxylic acids is 1. The Bertz CT molecular complexity index is 765. The van der Waals surface area contributed by atoms with Crippen LogP contribution in [0.1, 0.15) is 10.4 Å². The predicted octanol–water partition coefficient (Wildman–Crippen LogP) is 2.30. The normalized spacial score (nSPS) is 11.6. The van der Waals surface area contributed by atoms with Gasteiger partial charge in [-0.05, 0) is 35.4 Å². The Morgan fingerprint density at radius 2 is 1.62 bits per heavy atom. The highest BCUT2D eigenvalue weighted by Gasteiger charge is 2.16. The molecule has 0 aliphatic heterocycles. The number of carboxylic acids is 1. The fourth-order valence-electron chi connectivity index (χ4n) is 1.86. The van der Waals surface area contributed by atoms with Crippen LogP contribution in [0.25, 0.3) is 11.1 Å². The topological polar surface area (TPSA) is 74.7 Å². The smallest absolute Gasteiger partial charge is 0.335 e. The van der Waals surface area contributed by atoms with Crippen molar-refractivity contribution in [2.45, 2.75) is 4.90 Å². The quantitative estimate of drug-likeness (QED) is 0.940. The number of rotatable bonds is 4. The molecule has 0 aliphatic rings. The number of carboxylic acid groups (broad SMARTS) is 1. The third kappa shape index (κ3) is 3.12. The standard InChI is InChI=1S/C15H15NO4S/c1-16(2)21(19,20)14-8-6-11(7-9-14)12-4-3-5-13(10-12)15(17)18/h3-10H,1-2H3,(H,17,18). The number of carbonyl (C=O) groups is 1. The molecule has 0 amide bonds. The first-order valence-electron chi connectivity index (χ1n) is 6.18. The van der Waals surface area contributed by atoms with Gasteiger partial charge >= 0.3 is 5.97 Å². The maximum absolute atomic E-state index is 12.0. The lowest BCUT2D eigenvalue weighted by Crippen LogP contribution is -2.22. The van der Waals surface area contributed by atoms with E-state index < -0.39 is 16.0 Å². The van der Waals surface area contributed by atoms with E-state index >= 15 is 0 Å². The molecule has 0 saturated carbocycles. The predicted molar refractivity (Wildman–Crippen MR) is 79.7 cm³/mol. The Balaban J connectivity index is 2.40. The summed E-state index contributed by atoms with van der Waals surface area (Å²) in [5.74, 6) is -0.997. The molecule has 2 rings (SSSR count). The molecule has 0 fully saturated rings. The molecule has 6 heteroatoms. The third-order valence-corrected chi connectivity index (χ3v) is 4.91. The van der Waals surface area contributed by atoms with Gasteiger partial charge in [-0.15, -0.1) is 0 Å². The molecule has 21 heavy (non-hydrogen) atoms. The van der Waals surface area contributed by atoms with Crippen molar-refractivity contribution in [3.63, 3.8) is 0 Å². The molecule has 0 aromatic heterocycles. The number of nitrogens with zero attached hydrogens (tertiary/aromatic N) is 1. The van der Waals surface area contributed by atoms with E-state index in [2.05, 4.69) is 0 Å². The zero-order chi connectivity index (χ0) is 15.6. The van der Waals surface area contributed by atoms with Crippen LogP contribution in [0.3, 0.4) is 0 Å². The highest BCUT2D eigenvalue weighted by molar-refractivity contribution is 7.89. The van der Waals surface area contributed by atoms with Crippen molar-refractivity contribution in [2.75, 3.05) is 14.1 Å². The lowest BCUT2D eigenvalue weighted by Gasteiger charge is -2.11. The first-order chi connectivity index (χ1) is 9.82. The summed E-state index contributed by atoms with van der Waals surface area (Å²) >= 11 is 0. The SMILES string of the molecule is CN(C)S(=O)(=O)c1ccc(-c2cccc(C(=O)O)c2)cc1. The monoisotopic (exact) mass is 305 g/mol. The summed E-state index contributed by atoms with van der Waals surface area (Å²) in [6, 6.07) is 12.9. The molecule has 0 bridgehead atoms. The zero-order valence-corrected chi connectivity index (χ0v) is 12.5. The summed E-state index contributed by atoms with van der Waals surface area (Å²) in [5.41, 5.74) is 1.68. The molecule has 0 spiro atoms. The van der Waals surface area contributed by atoms with Crippen molar-refractivity contribution in [3.8, 4) is 11.1 Å². The van der Waals surface area contributed by atoms with E-state index in [1.54, 1.807) is 30.3 Å². The van der Waals surface area contributed by atoms with Crippen LogP contribution in [0.2, 0.25) is 0 Å². The molecular formula is C15H15NO4S. The van der Waals surface area contributed by atoms with Gasteiger partial charge in [0.05, 0.1) is 10.5 Å². The van der Waals surface area contributed by atoms with Gasteiger partial charge in [-0.25, -0.2) is 17.5 Å². The lowest BCUT2D eigenvalue weighted by molar-refractivity contribution is 0.0697. The molecule has 0 heterocycles. The van der Waals surface area contributed by atoms with Gasteiger partial charge in [0.25, 0.3) is 0 Å². The number of benzene rings is 2. The first kappa shape index (κ1) is 15.2. The summed E-state index contributed by atoms with van der Waals surface area (Å²) in [6.45, 7) is 0. The maximum Gasteiger partial charge on any atom is 0.335 e. The Hall–Kier alpha value is -2.18. The highest BCUT2D eigenvalue weighted by Crippen LogP contribution is 2.23. The molecule has 0 aliphatic carbocycles. The highest BCUT2D eigenvalue weighted by atomic mass is 32.2. The number of hydrogen-bond acceptors (Lipinski definition) is 3. The summed E-state index contributed by atoms with van der Waals surface area (Å²) < 4.78 is 25.1. The van der Waals surface area contributed by atoms with Gasteiger partial charge in [-0.2, -0.15) is 0 Å². The molecule has 110 valence electrons. The van der Waals surface area contributed by atoms with Gasteiger partial charge in [0.2, 0.25) is 10.0 Å². The van der Waals surface area contributed by atoms with Gasteiger partial charge in [0, 0.05) is 14.1 Å². The Morgan fingerprint density at radius 1 is 1.00 bits per heavy atom. The van der Waals surface area contributed by atoms with Crippen molar-refractivity contribution in [2.24, 2.45) is 0 Å². The van der Waals surface area contributed by atoms with Gasteiger partial charge in [0.1, 0.15) is 0 Å². The second-order valence-electron chi connectivity index (χ2n) is 4.70. The van der Waals surface area contributed by atoms with E-state index in [0.29, 0.717) is 0 Å². The van der Waals surface area contributed by atoms with Crippen LogP contribution in [-0.2, 0) is 10.0 Å². The van der Waals surface area contributed by atoms with Crippen LogP contribution in [0, 0.1) is 0 Å². The van der Waals surface area contributed by atoms with Crippen LogP contribution >= 0.6 is 0 Å². The number of hydrogen-bond donors (Lipinski definition) is 1. The van der Waals surface area contributed by atoms with E-state index in [9.17, 15) is 13.2 Å².